The highest BCUT2D eigenvalue weighted by molar-refractivity contribution is 6.00. The highest BCUT2D eigenvalue weighted by Crippen LogP contribution is 2.32. The zero-order chi connectivity index (χ0) is 28.2. The second kappa shape index (κ2) is 11.8. The Bertz CT molecular complexity index is 1320. The number of halogens is 5. The fourth-order valence-electron chi connectivity index (χ4n) is 3.98. The van der Waals surface area contributed by atoms with Crippen LogP contribution in [0.25, 0.3) is 11.3 Å². The molecule has 1 saturated heterocycles. The molecule has 39 heavy (non-hydrogen) atoms. The average Bonchev–Trinajstić information content (AvgIpc) is 2.85. The quantitative estimate of drug-likeness (QED) is 0.337. The fraction of sp³-hybridized carbons (Fsp3) is 0.308. The third-order valence-electron chi connectivity index (χ3n) is 5.97. The van der Waals surface area contributed by atoms with Gasteiger partial charge in [0.25, 0.3) is 0 Å². The molecule has 1 aliphatic heterocycles. The van der Waals surface area contributed by atoms with Crippen LogP contribution in [0.5, 0.6) is 5.75 Å². The molecule has 13 heteroatoms. The molecule has 0 bridgehead atoms. The normalized spacial score (nSPS) is 14.7. The van der Waals surface area contributed by atoms with Gasteiger partial charge in [0.1, 0.15) is 11.6 Å². The van der Waals surface area contributed by atoms with E-state index in [-0.39, 0.29) is 41.2 Å². The third-order valence-corrected chi connectivity index (χ3v) is 5.97. The maximum atomic E-state index is 13.5. The van der Waals surface area contributed by atoms with Gasteiger partial charge in [-0.3, -0.25) is 24.5 Å². The van der Waals surface area contributed by atoms with Crippen molar-refractivity contribution in [3.63, 3.8) is 0 Å². The highest BCUT2D eigenvalue weighted by Gasteiger charge is 2.32. The summed E-state index contributed by atoms with van der Waals surface area (Å²) in [5.74, 6) is -3.28. The molecule has 1 aromatic heterocycles. The molecule has 1 aliphatic rings. The summed E-state index contributed by atoms with van der Waals surface area (Å²) in [6.45, 7) is 2.73. The van der Waals surface area contributed by atoms with Gasteiger partial charge in [0.15, 0.2) is 11.5 Å². The van der Waals surface area contributed by atoms with E-state index in [1.165, 1.54) is 12.4 Å². The molecule has 3 aromatic rings. The highest BCUT2D eigenvalue weighted by atomic mass is 19.4. The summed E-state index contributed by atoms with van der Waals surface area (Å²) in [5, 5.41) is 2.42. The Morgan fingerprint density at radius 1 is 0.974 bits per heavy atom. The molecule has 8 nitrogen and oxygen atoms in total. The molecule has 0 spiro atoms. The minimum Gasteiger partial charge on any atom is -0.404 e. The number of Topliss-reactive ketones (excluding diaryl/α,β-unsaturated/α-hetero) is 1. The van der Waals surface area contributed by atoms with Gasteiger partial charge >= 0.3 is 6.36 Å². The van der Waals surface area contributed by atoms with Crippen molar-refractivity contribution in [2.24, 2.45) is 0 Å². The number of ketones is 1. The van der Waals surface area contributed by atoms with Gasteiger partial charge in [0.2, 0.25) is 5.91 Å². The number of benzene rings is 2. The molecular weight excluding hydrogens is 525 g/mol. The van der Waals surface area contributed by atoms with Crippen LogP contribution in [0.2, 0.25) is 0 Å². The number of amides is 1. The van der Waals surface area contributed by atoms with E-state index < -0.39 is 35.4 Å². The van der Waals surface area contributed by atoms with Crippen LogP contribution in [0, 0.1) is 11.6 Å². The zero-order valence-electron chi connectivity index (χ0n) is 20.8. The van der Waals surface area contributed by atoms with Crippen molar-refractivity contribution in [1.29, 1.82) is 0 Å². The number of carbonyl (C=O) groups is 2. The summed E-state index contributed by atoms with van der Waals surface area (Å²) < 4.78 is 69.8. The number of ether oxygens (including phenoxy) is 1. The Balaban J connectivity index is 1.48. The summed E-state index contributed by atoms with van der Waals surface area (Å²) in [7, 11) is 1.95. The number of anilines is 1. The van der Waals surface area contributed by atoms with Gasteiger partial charge in [0, 0.05) is 49.6 Å². The summed E-state index contributed by atoms with van der Waals surface area (Å²) in [4.78, 5) is 37.6. The zero-order valence-corrected chi connectivity index (χ0v) is 20.8. The first-order valence-electron chi connectivity index (χ1n) is 11.9. The van der Waals surface area contributed by atoms with Crippen molar-refractivity contribution >= 4 is 17.4 Å². The Hall–Kier alpha value is -3.97. The van der Waals surface area contributed by atoms with Crippen LogP contribution in [0.3, 0.4) is 0 Å². The van der Waals surface area contributed by atoms with Crippen LogP contribution in [0.1, 0.15) is 16.1 Å². The van der Waals surface area contributed by atoms with E-state index >= 15 is 0 Å². The number of carbonyl (C=O) groups excluding carboxylic acids is 2. The van der Waals surface area contributed by atoms with Crippen molar-refractivity contribution in [2.45, 2.75) is 12.8 Å². The van der Waals surface area contributed by atoms with Gasteiger partial charge in [-0.05, 0) is 37.4 Å². The van der Waals surface area contributed by atoms with Gasteiger partial charge in [-0.2, -0.15) is 0 Å². The SMILES string of the molecule is CN1CCN(CC(=O)Nc2cc(C(=O)Cc3cnc(-c4cc(F)cc(F)c4)cn3)ccc2OC(F)(F)F)CC1. The topological polar surface area (TPSA) is 87.7 Å². The number of rotatable bonds is 8. The van der Waals surface area contributed by atoms with Gasteiger partial charge in [-0.15, -0.1) is 13.2 Å². The van der Waals surface area contributed by atoms with Crippen LogP contribution in [0.15, 0.2) is 48.8 Å². The van der Waals surface area contributed by atoms with E-state index in [2.05, 4.69) is 24.9 Å². The van der Waals surface area contributed by atoms with Gasteiger partial charge in [-0.1, -0.05) is 0 Å². The second-order valence-corrected chi connectivity index (χ2v) is 9.04. The Morgan fingerprint density at radius 2 is 1.67 bits per heavy atom. The lowest BCUT2D eigenvalue weighted by atomic mass is 10.1. The van der Waals surface area contributed by atoms with E-state index in [9.17, 15) is 31.5 Å². The first-order chi connectivity index (χ1) is 18.4. The van der Waals surface area contributed by atoms with Crippen molar-refractivity contribution in [3.05, 3.63) is 71.7 Å². The van der Waals surface area contributed by atoms with E-state index in [4.69, 9.17) is 0 Å². The van der Waals surface area contributed by atoms with Crippen molar-refractivity contribution < 1.29 is 36.3 Å². The molecule has 1 amide bonds. The lowest BCUT2D eigenvalue weighted by Crippen LogP contribution is -2.47. The van der Waals surface area contributed by atoms with Crippen LogP contribution in [0.4, 0.5) is 27.6 Å². The van der Waals surface area contributed by atoms with Crippen molar-refractivity contribution in [1.82, 2.24) is 19.8 Å². The summed E-state index contributed by atoms with van der Waals surface area (Å²) in [6.07, 6.45) is -2.76. The molecule has 2 aromatic carbocycles. The van der Waals surface area contributed by atoms with Crippen LogP contribution < -0.4 is 10.1 Å². The molecule has 2 heterocycles. The lowest BCUT2D eigenvalue weighted by Gasteiger charge is -2.31. The van der Waals surface area contributed by atoms with Crippen molar-refractivity contribution in [2.75, 3.05) is 45.1 Å². The van der Waals surface area contributed by atoms with Crippen molar-refractivity contribution in [3.8, 4) is 17.0 Å². The van der Waals surface area contributed by atoms with E-state index in [0.29, 0.717) is 13.1 Å². The first kappa shape index (κ1) is 28.0. The molecule has 206 valence electrons. The molecule has 0 atom stereocenters. The van der Waals surface area contributed by atoms with E-state index in [1.54, 1.807) is 0 Å². The minimum atomic E-state index is -5.01. The molecular formula is C26H24F5N5O3. The predicted molar refractivity (Wildman–Crippen MR) is 131 cm³/mol. The number of hydrogen-bond acceptors (Lipinski definition) is 7. The van der Waals surface area contributed by atoms with Gasteiger partial charge < -0.3 is 15.0 Å². The summed E-state index contributed by atoms with van der Waals surface area (Å²) in [6, 6.07) is 6.11. The summed E-state index contributed by atoms with van der Waals surface area (Å²) >= 11 is 0. The number of alkyl halides is 3. The van der Waals surface area contributed by atoms with Crippen LogP contribution in [-0.4, -0.2) is 77.6 Å². The minimum absolute atomic E-state index is 0.0116. The number of nitrogens with one attached hydrogen (secondary N) is 1. The Labute approximate surface area is 220 Å². The largest absolute Gasteiger partial charge is 0.573 e. The van der Waals surface area contributed by atoms with Gasteiger partial charge in [0.05, 0.1) is 36.2 Å². The molecule has 4 rings (SSSR count). The van der Waals surface area contributed by atoms with Crippen LogP contribution in [-0.2, 0) is 11.2 Å². The predicted octanol–water partition coefficient (Wildman–Crippen LogP) is 3.93. The maximum absolute atomic E-state index is 13.5. The molecule has 1 N–H and O–H groups in total. The average molecular weight is 550 g/mol. The Kier molecular flexibility index (Phi) is 8.51. The van der Waals surface area contributed by atoms with Gasteiger partial charge in [-0.25, -0.2) is 8.78 Å². The second-order valence-electron chi connectivity index (χ2n) is 9.04. The number of piperazine rings is 1. The Morgan fingerprint density at radius 3 is 2.28 bits per heavy atom. The molecule has 1 fully saturated rings. The number of aromatic nitrogens is 2. The molecule has 0 unspecified atom stereocenters. The van der Waals surface area contributed by atoms with E-state index in [0.717, 1.165) is 49.5 Å². The maximum Gasteiger partial charge on any atom is 0.573 e. The third kappa shape index (κ3) is 8.01. The molecule has 0 aliphatic carbocycles. The number of nitrogens with zero attached hydrogens (tertiary/aromatic N) is 4. The lowest BCUT2D eigenvalue weighted by molar-refractivity contribution is -0.274. The molecule has 0 saturated carbocycles. The number of likely N-dealkylation sites (N-methyl/N-ethyl adjacent to an activating group) is 1. The fourth-order valence-corrected chi connectivity index (χ4v) is 3.98. The smallest absolute Gasteiger partial charge is 0.404 e. The van der Waals surface area contributed by atoms with E-state index in [1.807, 2.05) is 11.9 Å². The number of hydrogen-bond donors (Lipinski definition) is 1. The monoisotopic (exact) mass is 549 g/mol. The standard InChI is InChI=1S/C26H24F5N5O3/c1-35-4-6-36(7-5-35)15-25(38)34-21-10-16(2-3-24(21)39-26(29,30)31)23(37)12-20-13-33-22(14-32-20)17-8-18(27)11-19(28)9-17/h2-3,8-11,13-14H,4-7,12,15H2,1H3,(H,34,38). The van der Waals surface area contributed by atoms with Crippen LogP contribution >= 0.6 is 0 Å². The first-order valence-corrected chi connectivity index (χ1v) is 11.9. The molecule has 0 radical (unpaired) electrons. The summed E-state index contributed by atoms with van der Waals surface area (Å²) in [5.41, 5.74) is 0.278.